The van der Waals surface area contributed by atoms with Crippen molar-refractivity contribution in [1.82, 2.24) is 4.98 Å². The third-order valence-corrected chi connectivity index (χ3v) is 4.80. The Morgan fingerprint density at radius 2 is 1.88 bits per heavy atom. The van der Waals surface area contributed by atoms with E-state index in [2.05, 4.69) is 20.9 Å². The Balaban J connectivity index is 1.81. The highest BCUT2D eigenvalue weighted by atomic mass is 79.9. The lowest BCUT2D eigenvalue weighted by Crippen LogP contribution is -2.25. The van der Waals surface area contributed by atoms with Gasteiger partial charge in [0.15, 0.2) is 6.10 Å². The molecule has 0 fully saturated rings. The van der Waals surface area contributed by atoms with Crippen LogP contribution in [0.2, 0.25) is 0 Å². The van der Waals surface area contributed by atoms with E-state index in [0.717, 1.165) is 16.6 Å². The van der Waals surface area contributed by atoms with Gasteiger partial charge in [0.1, 0.15) is 5.75 Å². The van der Waals surface area contributed by atoms with Gasteiger partial charge in [-0.05, 0) is 54.0 Å². The van der Waals surface area contributed by atoms with E-state index in [1.807, 2.05) is 31.2 Å². The summed E-state index contributed by atoms with van der Waals surface area (Å²) in [4.78, 5) is 28.4. The molecule has 0 radical (unpaired) electrons. The number of ether oxygens (including phenoxy) is 2. The zero-order valence-electron chi connectivity index (χ0n) is 14.6. The van der Waals surface area contributed by atoms with Crippen LogP contribution in [-0.4, -0.2) is 30.0 Å². The smallest absolute Gasteiger partial charge is 0.338 e. The normalized spacial score (nSPS) is 12.0. The minimum absolute atomic E-state index is 0.235. The Kier molecular flexibility index (Phi) is 5.13. The largest absolute Gasteiger partial charge is 0.496 e. The zero-order valence-corrected chi connectivity index (χ0v) is 16.2. The number of carbonyl (C=O) groups excluding carboxylic acids is 2. The number of aromatic amines is 1. The summed E-state index contributed by atoms with van der Waals surface area (Å²) >= 11 is 3.34. The van der Waals surface area contributed by atoms with Crippen LogP contribution in [0, 0.1) is 6.92 Å². The molecule has 0 saturated carbocycles. The molecular weight excluding hydrogens is 398 g/mol. The fraction of sp³-hybridized carbons (Fsp3) is 0.200. The minimum Gasteiger partial charge on any atom is -0.496 e. The molecule has 3 aromatic rings. The van der Waals surface area contributed by atoms with Crippen LogP contribution in [-0.2, 0) is 4.74 Å². The maximum atomic E-state index is 12.8. The number of nitrogens with one attached hydrogen (secondary N) is 1. The molecule has 1 aromatic heterocycles. The molecule has 1 N–H and O–H groups in total. The number of rotatable bonds is 5. The first-order chi connectivity index (χ1) is 12.4. The predicted molar refractivity (Wildman–Crippen MR) is 103 cm³/mol. The van der Waals surface area contributed by atoms with E-state index in [1.165, 1.54) is 0 Å². The first kappa shape index (κ1) is 18.2. The van der Waals surface area contributed by atoms with Gasteiger partial charge in [0.2, 0.25) is 5.78 Å². The molecule has 0 aliphatic rings. The quantitative estimate of drug-likeness (QED) is 0.485. The average molecular weight is 416 g/mol. The standard InChI is InChI=1S/C20H18BrNO4/c1-11-18(14-6-4-5-7-16(14)22-11)19(23)12(2)26-20(24)13-8-9-17(25-3)15(21)10-13/h4-10,12,22H,1-3H3/t12-/m1/s1. The maximum Gasteiger partial charge on any atom is 0.338 e. The molecule has 6 heteroatoms. The van der Waals surface area contributed by atoms with E-state index < -0.39 is 12.1 Å². The number of aryl methyl sites for hydroxylation is 1. The highest BCUT2D eigenvalue weighted by Gasteiger charge is 2.25. The van der Waals surface area contributed by atoms with Crippen molar-refractivity contribution in [1.29, 1.82) is 0 Å². The fourth-order valence-corrected chi connectivity index (χ4v) is 3.41. The lowest BCUT2D eigenvalue weighted by Gasteiger charge is -2.13. The van der Waals surface area contributed by atoms with Crippen LogP contribution in [0.25, 0.3) is 10.9 Å². The summed E-state index contributed by atoms with van der Waals surface area (Å²) in [5.74, 6) is -0.187. The second kappa shape index (κ2) is 7.33. The number of esters is 1. The van der Waals surface area contributed by atoms with Crippen molar-refractivity contribution >= 4 is 38.6 Å². The van der Waals surface area contributed by atoms with Gasteiger partial charge in [-0.25, -0.2) is 4.79 Å². The Bertz CT molecular complexity index is 993. The van der Waals surface area contributed by atoms with Crippen LogP contribution in [0.4, 0.5) is 0 Å². The molecule has 1 heterocycles. The molecule has 1 atom stereocenters. The van der Waals surface area contributed by atoms with Crippen molar-refractivity contribution in [3.05, 3.63) is 63.8 Å². The highest BCUT2D eigenvalue weighted by Crippen LogP contribution is 2.27. The number of hydrogen-bond acceptors (Lipinski definition) is 4. The first-order valence-corrected chi connectivity index (χ1v) is 8.87. The van der Waals surface area contributed by atoms with E-state index in [4.69, 9.17) is 9.47 Å². The number of halogens is 1. The molecule has 0 aliphatic carbocycles. The highest BCUT2D eigenvalue weighted by molar-refractivity contribution is 9.10. The molecule has 0 spiro atoms. The van der Waals surface area contributed by atoms with Crippen LogP contribution in [0.5, 0.6) is 5.75 Å². The lowest BCUT2D eigenvalue weighted by atomic mass is 10.0. The molecule has 0 aliphatic heterocycles. The molecule has 0 bridgehead atoms. The van der Waals surface area contributed by atoms with Crippen LogP contribution < -0.4 is 4.74 Å². The number of carbonyl (C=O) groups is 2. The van der Waals surface area contributed by atoms with Gasteiger partial charge in [0.25, 0.3) is 0 Å². The van der Waals surface area contributed by atoms with Gasteiger partial charge in [-0.1, -0.05) is 18.2 Å². The fourth-order valence-electron chi connectivity index (χ4n) is 2.87. The molecule has 2 aromatic carbocycles. The van der Waals surface area contributed by atoms with Crippen molar-refractivity contribution in [3.8, 4) is 5.75 Å². The summed E-state index contributed by atoms with van der Waals surface area (Å²) in [5, 5.41) is 0.824. The summed E-state index contributed by atoms with van der Waals surface area (Å²) in [6.45, 7) is 3.42. The Morgan fingerprint density at radius 1 is 1.15 bits per heavy atom. The van der Waals surface area contributed by atoms with Gasteiger partial charge in [0.05, 0.1) is 17.1 Å². The number of Topliss-reactive ketones (excluding diaryl/α,β-unsaturated/α-hetero) is 1. The summed E-state index contributed by atoms with van der Waals surface area (Å²) in [6.07, 6.45) is -0.902. The number of fused-ring (bicyclic) bond motifs is 1. The summed E-state index contributed by atoms with van der Waals surface area (Å²) in [5.41, 5.74) is 2.53. The molecule has 3 rings (SSSR count). The van der Waals surface area contributed by atoms with Gasteiger partial charge < -0.3 is 14.5 Å². The molecular formula is C20H18BrNO4. The molecule has 0 amide bonds. The molecule has 26 heavy (non-hydrogen) atoms. The van der Waals surface area contributed by atoms with E-state index >= 15 is 0 Å². The van der Waals surface area contributed by atoms with Gasteiger partial charge in [0, 0.05) is 22.2 Å². The van der Waals surface area contributed by atoms with Crippen LogP contribution >= 0.6 is 15.9 Å². The summed E-state index contributed by atoms with van der Waals surface area (Å²) < 4.78 is 11.2. The number of H-pyrrole nitrogens is 1. The lowest BCUT2D eigenvalue weighted by molar-refractivity contribution is 0.0319. The monoisotopic (exact) mass is 415 g/mol. The van der Waals surface area contributed by atoms with Crippen LogP contribution in [0.3, 0.4) is 0 Å². The van der Waals surface area contributed by atoms with Gasteiger partial charge in [-0.3, -0.25) is 4.79 Å². The number of para-hydroxylation sites is 1. The average Bonchev–Trinajstić information content (AvgIpc) is 2.96. The van der Waals surface area contributed by atoms with E-state index in [0.29, 0.717) is 21.3 Å². The minimum atomic E-state index is -0.902. The number of aromatic nitrogens is 1. The van der Waals surface area contributed by atoms with E-state index in [-0.39, 0.29) is 5.78 Å². The first-order valence-electron chi connectivity index (χ1n) is 8.08. The topological polar surface area (TPSA) is 68.4 Å². The van der Waals surface area contributed by atoms with Crippen molar-refractivity contribution in [3.63, 3.8) is 0 Å². The van der Waals surface area contributed by atoms with Gasteiger partial charge >= 0.3 is 5.97 Å². The van der Waals surface area contributed by atoms with Crippen molar-refractivity contribution in [2.24, 2.45) is 0 Å². The van der Waals surface area contributed by atoms with Gasteiger partial charge in [-0.15, -0.1) is 0 Å². The third-order valence-electron chi connectivity index (χ3n) is 4.18. The maximum absolute atomic E-state index is 12.8. The van der Waals surface area contributed by atoms with Gasteiger partial charge in [-0.2, -0.15) is 0 Å². The van der Waals surface area contributed by atoms with Crippen LogP contribution in [0.1, 0.15) is 33.3 Å². The van der Waals surface area contributed by atoms with E-state index in [1.54, 1.807) is 32.2 Å². The van der Waals surface area contributed by atoms with Crippen molar-refractivity contribution in [2.45, 2.75) is 20.0 Å². The Labute approximate surface area is 159 Å². The summed E-state index contributed by atoms with van der Waals surface area (Å²) in [7, 11) is 1.54. The summed E-state index contributed by atoms with van der Waals surface area (Å²) in [6, 6.07) is 12.4. The Morgan fingerprint density at radius 3 is 2.58 bits per heavy atom. The number of hydrogen-bond donors (Lipinski definition) is 1. The Hall–Kier alpha value is -2.60. The predicted octanol–water partition coefficient (Wildman–Crippen LogP) is 4.68. The third kappa shape index (κ3) is 3.37. The molecule has 134 valence electrons. The van der Waals surface area contributed by atoms with E-state index in [9.17, 15) is 9.59 Å². The SMILES string of the molecule is COc1ccc(C(=O)O[C@H](C)C(=O)c2c(C)[nH]c3ccccc23)cc1Br. The van der Waals surface area contributed by atoms with Crippen molar-refractivity contribution < 1.29 is 19.1 Å². The number of benzene rings is 2. The molecule has 5 nitrogen and oxygen atoms in total. The molecule has 0 saturated heterocycles. The second-order valence-corrected chi connectivity index (χ2v) is 6.79. The van der Waals surface area contributed by atoms with Crippen molar-refractivity contribution in [2.75, 3.05) is 7.11 Å². The number of methoxy groups -OCH3 is 1. The second-order valence-electron chi connectivity index (χ2n) is 5.93. The van der Waals surface area contributed by atoms with Crippen LogP contribution in [0.15, 0.2) is 46.9 Å². The number of ketones is 1. The zero-order chi connectivity index (χ0) is 18.8. The molecule has 0 unspecified atom stereocenters.